The molecule has 11 nitrogen and oxygen atoms in total. The molecule has 3 amide bonds. The number of amides is 3. The Labute approximate surface area is 203 Å². The van der Waals surface area contributed by atoms with Crippen LogP contribution < -0.4 is 16.7 Å². The van der Waals surface area contributed by atoms with Gasteiger partial charge in [-0.05, 0) is 41.5 Å². The number of carboxylic acids is 1. The first-order chi connectivity index (χ1) is 17.2. The number of anilines is 1. The van der Waals surface area contributed by atoms with E-state index in [0.29, 0.717) is 40.8 Å². The zero-order valence-electron chi connectivity index (χ0n) is 19.3. The molecule has 4 N–H and O–H groups in total. The van der Waals surface area contributed by atoms with Crippen LogP contribution in [0.5, 0.6) is 0 Å². The molecule has 0 bridgehead atoms. The molecular formula is C25H22N6O5. The fourth-order valence-corrected chi connectivity index (χ4v) is 5.46. The number of aliphatic carboxylic acids is 1. The zero-order valence-corrected chi connectivity index (χ0v) is 19.3. The number of pyridine rings is 1. The summed E-state index contributed by atoms with van der Waals surface area (Å²) in [5.74, 6) is -1.43. The summed E-state index contributed by atoms with van der Waals surface area (Å²) in [6.45, 7) is -0.373. The summed E-state index contributed by atoms with van der Waals surface area (Å²) in [4.78, 5) is 55.4. The molecule has 0 unspecified atom stereocenters. The molecule has 1 fully saturated rings. The van der Waals surface area contributed by atoms with Gasteiger partial charge in [-0.25, -0.2) is 9.59 Å². The molecule has 6 rings (SSSR count). The Hall–Kier alpha value is -4.67. The molecular weight excluding hydrogens is 464 g/mol. The normalized spacial score (nSPS) is 19.0. The van der Waals surface area contributed by atoms with E-state index in [1.807, 2.05) is 24.3 Å². The molecule has 182 valence electrons. The molecule has 36 heavy (non-hydrogen) atoms. The summed E-state index contributed by atoms with van der Waals surface area (Å²) in [7, 11) is 1.63. The van der Waals surface area contributed by atoms with Gasteiger partial charge in [-0.3, -0.25) is 29.0 Å². The highest BCUT2D eigenvalue weighted by atomic mass is 16.4. The number of carbonyl (C=O) groups excluding carboxylic acids is 2. The molecule has 1 saturated heterocycles. The molecule has 1 atom stereocenters. The number of likely N-dealkylation sites (N-methyl/N-ethyl adjacent to an activating group) is 1. The number of nitrogens with two attached hydrogens (primary N) is 1. The van der Waals surface area contributed by atoms with Crippen LogP contribution in [0.25, 0.3) is 21.9 Å². The van der Waals surface area contributed by atoms with Gasteiger partial charge in [0.2, 0.25) is 0 Å². The third kappa shape index (κ3) is 3.02. The minimum atomic E-state index is -1.14. The van der Waals surface area contributed by atoms with Gasteiger partial charge in [-0.2, -0.15) is 0 Å². The van der Waals surface area contributed by atoms with E-state index < -0.39 is 29.8 Å². The Balaban J connectivity index is 1.40. The zero-order chi connectivity index (χ0) is 25.4. The van der Waals surface area contributed by atoms with Crippen LogP contribution in [0.15, 0.2) is 47.3 Å². The summed E-state index contributed by atoms with van der Waals surface area (Å²) in [5.41, 5.74) is 9.17. The van der Waals surface area contributed by atoms with Crippen molar-refractivity contribution in [3.63, 3.8) is 0 Å². The fourth-order valence-electron chi connectivity index (χ4n) is 5.46. The van der Waals surface area contributed by atoms with E-state index in [1.54, 1.807) is 25.2 Å². The molecule has 1 aliphatic carbocycles. The number of nitrogens with zero attached hydrogens (tertiary/aromatic N) is 4. The van der Waals surface area contributed by atoms with Crippen molar-refractivity contribution in [1.82, 2.24) is 24.3 Å². The number of carboxylic acid groups (broad SMARTS) is 1. The summed E-state index contributed by atoms with van der Waals surface area (Å²) in [6, 6.07) is 12.3. The van der Waals surface area contributed by atoms with Crippen LogP contribution in [0.3, 0.4) is 0 Å². The molecule has 2 aliphatic rings. The molecule has 11 heteroatoms. The Morgan fingerprint density at radius 1 is 1.11 bits per heavy atom. The number of para-hydroxylation sites is 1. The number of fused-ring (bicyclic) bond motifs is 3. The molecule has 4 aromatic rings. The van der Waals surface area contributed by atoms with Gasteiger partial charge in [0.05, 0.1) is 34.5 Å². The monoisotopic (exact) mass is 486 g/mol. The van der Waals surface area contributed by atoms with E-state index in [0.717, 1.165) is 21.1 Å². The van der Waals surface area contributed by atoms with Crippen LogP contribution in [0.1, 0.15) is 16.8 Å². The number of urea groups is 1. The van der Waals surface area contributed by atoms with Crippen molar-refractivity contribution in [1.29, 1.82) is 0 Å². The van der Waals surface area contributed by atoms with Gasteiger partial charge < -0.3 is 15.7 Å². The van der Waals surface area contributed by atoms with Crippen molar-refractivity contribution >= 4 is 45.5 Å². The van der Waals surface area contributed by atoms with E-state index in [-0.39, 0.29) is 12.5 Å². The maximum absolute atomic E-state index is 13.1. The van der Waals surface area contributed by atoms with E-state index >= 15 is 0 Å². The van der Waals surface area contributed by atoms with Gasteiger partial charge in [0.25, 0.3) is 5.91 Å². The van der Waals surface area contributed by atoms with Crippen LogP contribution in [0.4, 0.5) is 10.5 Å². The van der Waals surface area contributed by atoms with Crippen molar-refractivity contribution in [2.24, 2.45) is 0 Å². The number of benzene rings is 2. The number of aromatic nitrogens is 3. The van der Waals surface area contributed by atoms with Crippen LogP contribution in [0, 0.1) is 0 Å². The van der Waals surface area contributed by atoms with Gasteiger partial charge in [0, 0.05) is 25.3 Å². The standard InChI is InChI=1S/C25H22N6O5/c1-29-23(35)28-22(34)25(29)9-14-7-13-5-6-16(27-18(13)8-15(14)10-25)11-30-19-4-2-3-17(26)21(19)31(24(30)36)12-20(32)33/h2-8H,9-12,26H2,1H3,(H,32,33)(H,28,34,35)/t25-/m1/s1. The average molecular weight is 486 g/mol. The molecule has 3 heterocycles. The minimum absolute atomic E-state index is 0.127. The fraction of sp³-hybridized carbons (Fsp3) is 0.240. The average Bonchev–Trinajstić information content (AvgIpc) is 3.40. The molecule has 1 spiro atoms. The molecule has 0 saturated carbocycles. The van der Waals surface area contributed by atoms with Crippen molar-refractivity contribution in [3.05, 3.63) is 69.8 Å². The lowest BCUT2D eigenvalue weighted by Crippen LogP contribution is -2.48. The van der Waals surface area contributed by atoms with Gasteiger partial charge >= 0.3 is 17.7 Å². The van der Waals surface area contributed by atoms with Crippen LogP contribution >= 0.6 is 0 Å². The van der Waals surface area contributed by atoms with Gasteiger partial charge in [0.15, 0.2) is 0 Å². The maximum Gasteiger partial charge on any atom is 0.330 e. The lowest BCUT2D eigenvalue weighted by Gasteiger charge is -2.27. The predicted molar refractivity (Wildman–Crippen MR) is 131 cm³/mol. The highest BCUT2D eigenvalue weighted by molar-refractivity contribution is 6.08. The number of nitrogen functional groups attached to an aromatic ring is 1. The first-order valence-electron chi connectivity index (χ1n) is 11.4. The van der Waals surface area contributed by atoms with E-state index in [1.165, 1.54) is 9.47 Å². The smallest absolute Gasteiger partial charge is 0.330 e. The molecule has 2 aromatic heterocycles. The van der Waals surface area contributed by atoms with Crippen LogP contribution in [0.2, 0.25) is 0 Å². The third-order valence-corrected chi connectivity index (χ3v) is 7.31. The van der Waals surface area contributed by atoms with Crippen molar-refractivity contribution in [2.75, 3.05) is 12.8 Å². The second-order valence-electron chi connectivity index (χ2n) is 9.38. The number of nitrogens with one attached hydrogen (secondary N) is 1. The summed E-state index contributed by atoms with van der Waals surface area (Å²) in [6.07, 6.45) is 0.841. The lowest BCUT2D eigenvalue weighted by molar-refractivity contribution is -0.137. The maximum atomic E-state index is 13.1. The minimum Gasteiger partial charge on any atom is -0.480 e. The summed E-state index contributed by atoms with van der Waals surface area (Å²) in [5, 5.41) is 12.6. The Morgan fingerprint density at radius 3 is 2.56 bits per heavy atom. The molecule has 2 aromatic carbocycles. The third-order valence-electron chi connectivity index (χ3n) is 7.31. The highest BCUT2D eigenvalue weighted by Crippen LogP contribution is 2.38. The van der Waals surface area contributed by atoms with E-state index in [2.05, 4.69) is 5.32 Å². The number of imide groups is 1. The van der Waals surface area contributed by atoms with Crippen LogP contribution in [-0.2, 0) is 35.5 Å². The Morgan fingerprint density at radius 2 is 1.86 bits per heavy atom. The second-order valence-corrected chi connectivity index (χ2v) is 9.38. The predicted octanol–water partition coefficient (Wildman–Crippen LogP) is 1.09. The SMILES string of the molecule is CN1C(=O)NC(=O)[C@]12Cc1cc3ccc(Cn4c(=O)n(CC(=O)O)c5c(N)cccc54)nc3cc1C2. The van der Waals surface area contributed by atoms with Gasteiger partial charge in [-0.1, -0.05) is 12.1 Å². The Kier molecular flexibility index (Phi) is 4.50. The molecule has 1 aliphatic heterocycles. The number of imidazole rings is 1. The second kappa shape index (κ2) is 7.41. The van der Waals surface area contributed by atoms with Crippen molar-refractivity contribution in [2.45, 2.75) is 31.5 Å². The number of rotatable bonds is 4. The largest absolute Gasteiger partial charge is 0.480 e. The van der Waals surface area contributed by atoms with Gasteiger partial charge in [-0.15, -0.1) is 0 Å². The molecule has 0 radical (unpaired) electrons. The highest BCUT2D eigenvalue weighted by Gasteiger charge is 2.54. The first-order valence-corrected chi connectivity index (χ1v) is 11.4. The van der Waals surface area contributed by atoms with E-state index in [9.17, 15) is 24.3 Å². The van der Waals surface area contributed by atoms with Gasteiger partial charge in [0.1, 0.15) is 12.1 Å². The van der Waals surface area contributed by atoms with Crippen molar-refractivity contribution < 1.29 is 19.5 Å². The summed E-state index contributed by atoms with van der Waals surface area (Å²) < 4.78 is 2.62. The summed E-state index contributed by atoms with van der Waals surface area (Å²) >= 11 is 0. The van der Waals surface area contributed by atoms with E-state index in [4.69, 9.17) is 10.7 Å². The topological polar surface area (TPSA) is 153 Å². The Bertz CT molecular complexity index is 1700. The quantitative estimate of drug-likeness (QED) is 0.288. The lowest BCUT2D eigenvalue weighted by atomic mass is 9.95. The number of carbonyl (C=O) groups is 3. The van der Waals surface area contributed by atoms with Crippen LogP contribution in [-0.4, -0.2) is 54.6 Å². The van der Waals surface area contributed by atoms with Crippen molar-refractivity contribution in [3.8, 4) is 0 Å². The number of hydrogen-bond donors (Lipinski definition) is 3. The number of hydrogen-bond acceptors (Lipinski definition) is 6. The first kappa shape index (κ1) is 21.8.